The zero-order valence-electron chi connectivity index (χ0n) is 21.1. The minimum atomic E-state index is -1.07. The Morgan fingerprint density at radius 3 is 2.73 bits per heavy atom. The van der Waals surface area contributed by atoms with Crippen LogP contribution in [0.15, 0.2) is 59.9 Å². The van der Waals surface area contributed by atoms with E-state index < -0.39 is 11.0 Å². The first kappa shape index (κ1) is 24.1. The van der Waals surface area contributed by atoms with E-state index in [-0.39, 0.29) is 24.2 Å². The van der Waals surface area contributed by atoms with Crippen molar-refractivity contribution in [3.05, 3.63) is 71.0 Å². The summed E-state index contributed by atoms with van der Waals surface area (Å²) in [5, 5.41) is 16.0. The Balaban J connectivity index is 1.26. The van der Waals surface area contributed by atoms with Crippen LogP contribution in [0.1, 0.15) is 43.7 Å². The number of carbonyl (C=O) groups excluding carboxylic acids is 1. The first-order chi connectivity index (χ1) is 18.0. The van der Waals surface area contributed by atoms with Crippen molar-refractivity contribution in [2.45, 2.75) is 50.3 Å². The van der Waals surface area contributed by atoms with Crippen LogP contribution >= 0.6 is 0 Å². The number of rotatable bonds is 3. The fourth-order valence-electron chi connectivity index (χ4n) is 6.78. The number of hydrogen-bond donors (Lipinski definition) is 2. The maximum Gasteiger partial charge on any atom is 0.320 e. The predicted octanol–water partition coefficient (Wildman–Crippen LogP) is 2.56. The maximum absolute atomic E-state index is 13.9. The third-order valence-corrected chi connectivity index (χ3v) is 8.86. The largest absolute Gasteiger partial charge is 0.387 e. The molecule has 3 aliphatic rings. The lowest BCUT2D eigenvalue weighted by Gasteiger charge is -2.53. The van der Waals surface area contributed by atoms with Gasteiger partial charge in [0.25, 0.3) is 5.56 Å². The van der Waals surface area contributed by atoms with Crippen LogP contribution in [-0.4, -0.2) is 73.8 Å². The Hall–Kier alpha value is -3.30. The van der Waals surface area contributed by atoms with Crippen LogP contribution in [0.2, 0.25) is 0 Å². The Morgan fingerprint density at radius 2 is 1.92 bits per heavy atom. The molecule has 2 atom stereocenters. The quantitative estimate of drug-likeness (QED) is 0.571. The number of aliphatic hydroxyl groups is 1. The van der Waals surface area contributed by atoms with Crippen molar-refractivity contribution < 1.29 is 9.90 Å². The monoisotopic (exact) mass is 502 g/mol. The normalized spacial score (nSPS) is 25.6. The number of likely N-dealkylation sites (tertiary alicyclic amines) is 1. The van der Waals surface area contributed by atoms with Gasteiger partial charge in [-0.25, -0.2) is 14.8 Å². The molecule has 2 N–H and O–H groups in total. The van der Waals surface area contributed by atoms with E-state index in [0.717, 1.165) is 44.3 Å². The van der Waals surface area contributed by atoms with Crippen molar-refractivity contribution in [1.29, 1.82) is 0 Å². The number of nitrogens with one attached hydrogen (secondary N) is 1. The Kier molecular flexibility index (Phi) is 6.20. The van der Waals surface area contributed by atoms with Gasteiger partial charge in [0.2, 0.25) is 0 Å². The number of benzene rings is 1. The highest BCUT2D eigenvalue weighted by Crippen LogP contribution is 2.51. The lowest BCUT2D eigenvalue weighted by Crippen LogP contribution is -2.64. The molecule has 2 saturated heterocycles. The number of piperazine rings is 1. The average Bonchev–Trinajstić information content (AvgIpc) is 3.42. The second-order valence-electron chi connectivity index (χ2n) is 10.9. The number of carbonyl (C=O) groups is 1. The SMILES string of the molecule is O=C(N1CC[C@@](O)(Cn2ccc3ncncc3c2=O)C2(CCCC2)C1)N1CCNC[C@H]1c1ccccc1. The molecule has 0 bridgehead atoms. The molecule has 0 radical (unpaired) electrons. The molecule has 1 spiro atoms. The molecule has 1 aromatic carbocycles. The van der Waals surface area contributed by atoms with Crippen molar-refractivity contribution in [2.24, 2.45) is 5.41 Å². The molecule has 2 amide bonds. The van der Waals surface area contributed by atoms with E-state index in [1.54, 1.807) is 16.8 Å². The third-order valence-electron chi connectivity index (χ3n) is 8.86. The second-order valence-corrected chi connectivity index (χ2v) is 10.9. The molecule has 6 rings (SSSR count). The van der Waals surface area contributed by atoms with E-state index in [4.69, 9.17) is 0 Å². The molecule has 1 saturated carbocycles. The third kappa shape index (κ3) is 4.20. The summed E-state index contributed by atoms with van der Waals surface area (Å²) in [5.41, 5.74) is 0.0359. The smallest absolute Gasteiger partial charge is 0.320 e. The van der Waals surface area contributed by atoms with Crippen molar-refractivity contribution in [2.75, 3.05) is 32.7 Å². The minimum absolute atomic E-state index is 0.0128. The van der Waals surface area contributed by atoms with Gasteiger partial charge in [0.05, 0.1) is 29.1 Å². The van der Waals surface area contributed by atoms with E-state index in [9.17, 15) is 14.7 Å². The number of aromatic nitrogens is 3. The number of amides is 2. The van der Waals surface area contributed by atoms with Gasteiger partial charge in [0, 0.05) is 50.5 Å². The summed E-state index contributed by atoms with van der Waals surface area (Å²) >= 11 is 0. The lowest BCUT2D eigenvalue weighted by molar-refractivity contribution is -0.136. The molecule has 3 aromatic rings. The van der Waals surface area contributed by atoms with Gasteiger partial charge in [-0.3, -0.25) is 4.79 Å². The molecule has 37 heavy (non-hydrogen) atoms. The van der Waals surface area contributed by atoms with Crippen LogP contribution in [0.4, 0.5) is 4.79 Å². The second kappa shape index (κ2) is 9.54. The predicted molar refractivity (Wildman–Crippen MR) is 140 cm³/mol. The van der Waals surface area contributed by atoms with Gasteiger partial charge in [-0.05, 0) is 30.9 Å². The van der Waals surface area contributed by atoms with Gasteiger partial charge >= 0.3 is 6.03 Å². The molecule has 9 heteroatoms. The van der Waals surface area contributed by atoms with Gasteiger partial charge in [-0.15, -0.1) is 0 Å². The standard InChI is InChI=1S/C28H34N6O3/c35-25-22-16-30-20-31-23(22)8-13-32(25)19-28(37)11-14-33(18-27(28)9-4-5-10-27)26(36)34-15-12-29-17-24(34)21-6-2-1-3-7-21/h1-3,6-8,13,16,20,24,29,37H,4-5,9-12,14-15,17-19H2/t24-,28+/m0/s1. The number of pyridine rings is 1. The van der Waals surface area contributed by atoms with Gasteiger partial charge in [0.15, 0.2) is 0 Å². The number of piperidine rings is 1. The topological polar surface area (TPSA) is 104 Å². The van der Waals surface area contributed by atoms with Crippen LogP contribution in [0.5, 0.6) is 0 Å². The molecular formula is C28H34N6O3. The molecule has 194 valence electrons. The van der Waals surface area contributed by atoms with Gasteiger partial charge in [-0.2, -0.15) is 0 Å². The Morgan fingerprint density at radius 1 is 1.11 bits per heavy atom. The number of urea groups is 1. The molecule has 1 aliphatic carbocycles. The van der Waals surface area contributed by atoms with Crippen molar-refractivity contribution in [3.63, 3.8) is 0 Å². The Labute approximate surface area is 216 Å². The molecule has 0 unspecified atom stereocenters. The first-order valence-electron chi connectivity index (χ1n) is 13.3. The summed E-state index contributed by atoms with van der Waals surface area (Å²) in [7, 11) is 0. The van der Waals surface area contributed by atoms with Gasteiger partial charge in [-0.1, -0.05) is 43.2 Å². The summed E-state index contributed by atoms with van der Waals surface area (Å²) in [6.45, 7) is 3.34. The summed E-state index contributed by atoms with van der Waals surface area (Å²) in [6, 6.07) is 12.0. The van der Waals surface area contributed by atoms with Crippen molar-refractivity contribution in [1.82, 2.24) is 29.7 Å². The molecule has 2 aliphatic heterocycles. The number of fused-ring (bicyclic) bond motifs is 1. The maximum atomic E-state index is 13.9. The molecule has 9 nitrogen and oxygen atoms in total. The van der Waals surface area contributed by atoms with Gasteiger partial charge < -0.3 is 24.8 Å². The molecular weight excluding hydrogens is 468 g/mol. The fourth-order valence-corrected chi connectivity index (χ4v) is 6.78. The van der Waals surface area contributed by atoms with Crippen LogP contribution < -0.4 is 10.9 Å². The lowest BCUT2D eigenvalue weighted by atomic mass is 9.66. The van der Waals surface area contributed by atoms with Crippen molar-refractivity contribution >= 4 is 16.9 Å². The summed E-state index contributed by atoms with van der Waals surface area (Å²) in [6.07, 6.45) is 8.87. The average molecular weight is 503 g/mol. The van der Waals surface area contributed by atoms with E-state index in [1.807, 2.05) is 28.0 Å². The van der Waals surface area contributed by atoms with E-state index >= 15 is 0 Å². The van der Waals surface area contributed by atoms with E-state index in [2.05, 4.69) is 27.4 Å². The number of nitrogens with zero attached hydrogens (tertiary/aromatic N) is 5. The summed E-state index contributed by atoms with van der Waals surface area (Å²) in [5.74, 6) is 0. The van der Waals surface area contributed by atoms with Crippen molar-refractivity contribution in [3.8, 4) is 0 Å². The van der Waals surface area contributed by atoms with E-state index in [0.29, 0.717) is 37.0 Å². The minimum Gasteiger partial charge on any atom is -0.387 e. The number of hydrogen-bond acceptors (Lipinski definition) is 6. The van der Waals surface area contributed by atoms with Crippen LogP contribution in [0, 0.1) is 5.41 Å². The Bertz CT molecular complexity index is 1340. The fraction of sp³-hybridized carbons (Fsp3) is 0.500. The zero-order chi connectivity index (χ0) is 25.5. The molecule has 2 aromatic heterocycles. The first-order valence-corrected chi connectivity index (χ1v) is 13.3. The van der Waals surface area contributed by atoms with Crippen LogP contribution in [-0.2, 0) is 6.54 Å². The summed E-state index contributed by atoms with van der Waals surface area (Å²) in [4.78, 5) is 39.3. The molecule has 3 fully saturated rings. The highest BCUT2D eigenvalue weighted by molar-refractivity contribution is 5.76. The van der Waals surface area contributed by atoms with E-state index in [1.165, 1.54) is 12.5 Å². The highest BCUT2D eigenvalue weighted by atomic mass is 16.3. The van der Waals surface area contributed by atoms with Gasteiger partial charge in [0.1, 0.15) is 6.33 Å². The summed E-state index contributed by atoms with van der Waals surface area (Å²) < 4.78 is 1.60. The molecule has 4 heterocycles. The van der Waals surface area contributed by atoms with Crippen LogP contribution in [0.25, 0.3) is 10.9 Å². The highest BCUT2D eigenvalue weighted by Gasteiger charge is 2.56. The van der Waals surface area contributed by atoms with Crippen LogP contribution in [0.3, 0.4) is 0 Å². The zero-order valence-corrected chi connectivity index (χ0v) is 21.1.